The largest absolute Gasteiger partial charge is 0.490 e. The summed E-state index contributed by atoms with van der Waals surface area (Å²) in [6, 6.07) is 16.1. The fourth-order valence-electron chi connectivity index (χ4n) is 2.65. The van der Waals surface area contributed by atoms with Crippen LogP contribution in [0.5, 0.6) is 17.2 Å². The minimum atomic E-state index is -0.550. The number of ether oxygens (including phenoxy) is 3. The zero-order chi connectivity index (χ0) is 24.5. The summed E-state index contributed by atoms with van der Waals surface area (Å²) in [7, 11) is 0. The van der Waals surface area contributed by atoms with Crippen LogP contribution in [0.3, 0.4) is 0 Å². The van der Waals surface area contributed by atoms with Gasteiger partial charge in [0.25, 0.3) is 5.91 Å². The highest BCUT2D eigenvalue weighted by atomic mass is 35.5. The summed E-state index contributed by atoms with van der Waals surface area (Å²) >= 11 is 17.8. The van der Waals surface area contributed by atoms with Gasteiger partial charge in [-0.25, -0.2) is 10.2 Å². The number of hydrogen-bond donors (Lipinski definition) is 1. The Kier molecular flexibility index (Phi) is 9.16. The summed E-state index contributed by atoms with van der Waals surface area (Å²) in [6.07, 6.45) is 1.41. The number of nitrogens with one attached hydrogen (secondary N) is 1. The van der Waals surface area contributed by atoms with Crippen molar-refractivity contribution in [3.05, 3.63) is 86.9 Å². The second-order valence-corrected chi connectivity index (χ2v) is 7.89. The Morgan fingerprint density at radius 3 is 2.44 bits per heavy atom. The third-order valence-electron chi connectivity index (χ3n) is 4.23. The Labute approximate surface area is 211 Å². The Bertz CT molecular complexity index is 1200. The molecule has 0 saturated heterocycles. The van der Waals surface area contributed by atoms with Crippen LogP contribution in [-0.2, 0) is 4.79 Å². The molecule has 1 N–H and O–H groups in total. The molecule has 0 unspecified atom stereocenters. The zero-order valence-corrected chi connectivity index (χ0v) is 20.2. The number of amides is 1. The van der Waals surface area contributed by atoms with Crippen molar-refractivity contribution in [3.63, 3.8) is 0 Å². The maximum absolute atomic E-state index is 12.4. The molecular formula is C24H19Cl3N2O5. The number of benzene rings is 3. The van der Waals surface area contributed by atoms with Crippen molar-refractivity contribution in [2.75, 3.05) is 13.2 Å². The summed E-state index contributed by atoms with van der Waals surface area (Å²) in [5.74, 6) is -0.163. The van der Waals surface area contributed by atoms with Gasteiger partial charge in [-0.15, -0.1) is 0 Å². The van der Waals surface area contributed by atoms with E-state index in [2.05, 4.69) is 10.5 Å². The molecule has 0 aliphatic rings. The van der Waals surface area contributed by atoms with Crippen molar-refractivity contribution in [2.24, 2.45) is 5.10 Å². The van der Waals surface area contributed by atoms with Gasteiger partial charge < -0.3 is 14.2 Å². The Morgan fingerprint density at radius 1 is 0.941 bits per heavy atom. The third kappa shape index (κ3) is 7.12. The maximum Gasteiger partial charge on any atom is 0.343 e. The van der Waals surface area contributed by atoms with E-state index in [9.17, 15) is 9.59 Å². The first-order valence-electron chi connectivity index (χ1n) is 10.0. The molecule has 3 aromatic rings. The normalized spacial score (nSPS) is 10.7. The van der Waals surface area contributed by atoms with Crippen LogP contribution < -0.4 is 19.6 Å². The van der Waals surface area contributed by atoms with Gasteiger partial charge in [0.2, 0.25) is 0 Å². The number of esters is 1. The van der Waals surface area contributed by atoms with E-state index in [-0.39, 0.29) is 17.4 Å². The Morgan fingerprint density at radius 2 is 1.71 bits per heavy atom. The summed E-state index contributed by atoms with van der Waals surface area (Å²) in [5.41, 5.74) is 3.31. The van der Waals surface area contributed by atoms with E-state index in [0.717, 1.165) is 0 Å². The second kappa shape index (κ2) is 12.3. The fraction of sp³-hybridized carbons (Fsp3) is 0.125. The number of rotatable bonds is 9. The van der Waals surface area contributed by atoms with Crippen molar-refractivity contribution >= 4 is 52.9 Å². The highest BCUT2D eigenvalue weighted by molar-refractivity contribution is 6.42. The standard InChI is InChI=1S/C24H19Cl3N2O5/c1-2-32-21-12-15(6-11-19(21)34-24(31)16-7-9-17(25)10-8-16)13-28-29-22(30)14-33-20-5-3-4-18(26)23(20)27/h3-13H,2,14H2,1H3,(H,29,30). The highest BCUT2D eigenvalue weighted by Crippen LogP contribution is 2.31. The molecule has 0 aliphatic carbocycles. The average Bonchev–Trinajstić information content (AvgIpc) is 2.82. The monoisotopic (exact) mass is 520 g/mol. The molecule has 0 bridgehead atoms. The molecule has 0 heterocycles. The number of nitrogens with zero attached hydrogens (tertiary/aromatic N) is 1. The van der Waals surface area contributed by atoms with Gasteiger partial charge in [-0.3, -0.25) is 4.79 Å². The fourth-order valence-corrected chi connectivity index (χ4v) is 3.12. The molecule has 0 aliphatic heterocycles. The molecule has 0 radical (unpaired) electrons. The molecule has 7 nitrogen and oxygen atoms in total. The molecule has 176 valence electrons. The number of halogens is 3. The van der Waals surface area contributed by atoms with Gasteiger partial charge in [-0.1, -0.05) is 40.9 Å². The van der Waals surface area contributed by atoms with Gasteiger partial charge in [-0.05, 0) is 67.1 Å². The first-order valence-corrected chi connectivity index (χ1v) is 11.1. The Hall–Kier alpha value is -3.26. The van der Waals surface area contributed by atoms with Gasteiger partial charge in [-0.2, -0.15) is 5.10 Å². The summed E-state index contributed by atoms with van der Waals surface area (Å²) in [5, 5.41) is 4.96. The van der Waals surface area contributed by atoms with Crippen LogP contribution in [-0.4, -0.2) is 31.3 Å². The molecule has 0 atom stereocenters. The number of hydrazone groups is 1. The van der Waals surface area contributed by atoms with Crippen molar-refractivity contribution < 1.29 is 23.8 Å². The van der Waals surface area contributed by atoms with Gasteiger partial charge in [0.15, 0.2) is 18.1 Å². The van der Waals surface area contributed by atoms with Crippen LogP contribution >= 0.6 is 34.8 Å². The number of hydrogen-bond acceptors (Lipinski definition) is 6. The van der Waals surface area contributed by atoms with Crippen LogP contribution in [0, 0.1) is 0 Å². The first-order chi connectivity index (χ1) is 16.4. The van der Waals surface area contributed by atoms with Crippen LogP contribution in [0.2, 0.25) is 15.1 Å². The predicted molar refractivity (Wildman–Crippen MR) is 132 cm³/mol. The number of carbonyl (C=O) groups is 2. The van der Waals surface area contributed by atoms with E-state index >= 15 is 0 Å². The van der Waals surface area contributed by atoms with E-state index in [1.807, 2.05) is 0 Å². The van der Waals surface area contributed by atoms with E-state index in [4.69, 9.17) is 49.0 Å². The SMILES string of the molecule is CCOc1cc(C=NNC(=O)COc2cccc(Cl)c2Cl)ccc1OC(=O)c1ccc(Cl)cc1. The van der Waals surface area contributed by atoms with Gasteiger partial charge >= 0.3 is 5.97 Å². The molecule has 0 saturated carbocycles. The number of carbonyl (C=O) groups excluding carboxylic acids is 2. The zero-order valence-electron chi connectivity index (χ0n) is 17.9. The van der Waals surface area contributed by atoms with E-state index < -0.39 is 11.9 Å². The molecule has 0 fully saturated rings. The summed E-state index contributed by atoms with van der Waals surface area (Å²) in [6.45, 7) is 1.85. The van der Waals surface area contributed by atoms with Crippen LogP contribution in [0.1, 0.15) is 22.8 Å². The van der Waals surface area contributed by atoms with Crippen molar-refractivity contribution in [3.8, 4) is 17.2 Å². The van der Waals surface area contributed by atoms with Gasteiger partial charge in [0.05, 0.1) is 23.4 Å². The highest BCUT2D eigenvalue weighted by Gasteiger charge is 2.13. The smallest absolute Gasteiger partial charge is 0.343 e. The minimum Gasteiger partial charge on any atom is -0.490 e. The van der Waals surface area contributed by atoms with Crippen molar-refractivity contribution in [1.82, 2.24) is 5.43 Å². The second-order valence-electron chi connectivity index (χ2n) is 6.67. The molecular weight excluding hydrogens is 503 g/mol. The lowest BCUT2D eigenvalue weighted by molar-refractivity contribution is -0.123. The molecule has 0 aromatic heterocycles. The van der Waals surface area contributed by atoms with Gasteiger partial charge in [0.1, 0.15) is 10.8 Å². The van der Waals surface area contributed by atoms with E-state index in [1.54, 1.807) is 67.6 Å². The lowest BCUT2D eigenvalue weighted by Gasteiger charge is -2.11. The van der Waals surface area contributed by atoms with Crippen molar-refractivity contribution in [1.29, 1.82) is 0 Å². The van der Waals surface area contributed by atoms with Crippen molar-refractivity contribution in [2.45, 2.75) is 6.92 Å². The molecule has 3 rings (SSSR count). The van der Waals surface area contributed by atoms with Gasteiger partial charge in [0, 0.05) is 5.02 Å². The molecule has 1 amide bonds. The van der Waals surface area contributed by atoms with Crippen LogP contribution in [0.15, 0.2) is 65.8 Å². The molecule has 0 spiro atoms. The minimum absolute atomic E-state index is 0.223. The summed E-state index contributed by atoms with van der Waals surface area (Å²) in [4.78, 5) is 24.4. The van der Waals surface area contributed by atoms with E-state index in [0.29, 0.717) is 39.3 Å². The third-order valence-corrected chi connectivity index (χ3v) is 5.28. The maximum atomic E-state index is 12.4. The summed E-state index contributed by atoms with van der Waals surface area (Å²) < 4.78 is 16.4. The molecule has 10 heteroatoms. The molecule has 3 aromatic carbocycles. The molecule has 34 heavy (non-hydrogen) atoms. The lowest BCUT2D eigenvalue weighted by atomic mass is 10.2. The average molecular weight is 522 g/mol. The Balaban J connectivity index is 1.60. The van der Waals surface area contributed by atoms with Crippen LogP contribution in [0.25, 0.3) is 0 Å². The van der Waals surface area contributed by atoms with Crippen LogP contribution in [0.4, 0.5) is 0 Å². The predicted octanol–water partition coefficient (Wildman–Crippen LogP) is 5.79. The topological polar surface area (TPSA) is 86.2 Å². The quantitative estimate of drug-likeness (QED) is 0.167. The first kappa shape index (κ1) is 25.4. The van der Waals surface area contributed by atoms with E-state index in [1.165, 1.54) is 6.21 Å². The lowest BCUT2D eigenvalue weighted by Crippen LogP contribution is -2.24.